The van der Waals surface area contributed by atoms with Crippen molar-refractivity contribution in [3.63, 3.8) is 0 Å². The second-order valence-electron chi connectivity index (χ2n) is 6.04. The lowest BCUT2D eigenvalue weighted by molar-refractivity contribution is -0.148. The summed E-state index contributed by atoms with van der Waals surface area (Å²) in [6.07, 6.45) is 4.76. The Labute approximate surface area is 151 Å². The number of carbonyl (C=O) groups is 3. The maximum atomic E-state index is 11.9. The first kappa shape index (κ1) is 19.0. The molecule has 1 aromatic rings. The molecule has 0 aliphatic heterocycles. The second kappa shape index (κ2) is 8.67. The lowest BCUT2D eigenvalue weighted by Gasteiger charge is -2.16. The van der Waals surface area contributed by atoms with Crippen LogP contribution >= 0.6 is 11.6 Å². The third kappa shape index (κ3) is 6.58. The molecule has 1 fully saturated rings. The minimum Gasteiger partial charge on any atom is -0.452 e. The van der Waals surface area contributed by atoms with Gasteiger partial charge in [-0.1, -0.05) is 23.7 Å². The predicted molar refractivity (Wildman–Crippen MR) is 95.0 cm³/mol. The number of nitrogens with one attached hydrogen (secondary N) is 1. The summed E-state index contributed by atoms with van der Waals surface area (Å²) in [6.45, 7) is 1.42. The number of carbonyl (C=O) groups excluding carboxylic acids is 3. The molecule has 0 atom stereocenters. The van der Waals surface area contributed by atoms with Crippen LogP contribution < -0.4 is 5.32 Å². The topological polar surface area (TPSA) is 75.7 Å². The highest BCUT2D eigenvalue weighted by atomic mass is 35.5. The van der Waals surface area contributed by atoms with Crippen molar-refractivity contribution >= 4 is 35.5 Å². The fraction of sp³-hybridized carbons (Fsp3) is 0.389. The summed E-state index contributed by atoms with van der Waals surface area (Å²) in [7, 11) is 1.49. The molecule has 1 aliphatic carbocycles. The molecule has 6 nitrogen and oxygen atoms in total. The first-order chi connectivity index (χ1) is 11.8. The molecule has 0 bridgehead atoms. The Kier molecular flexibility index (Phi) is 6.58. The van der Waals surface area contributed by atoms with E-state index in [1.807, 2.05) is 19.1 Å². The third-order valence-electron chi connectivity index (χ3n) is 3.69. The van der Waals surface area contributed by atoms with Gasteiger partial charge in [0.15, 0.2) is 6.61 Å². The number of hydrogen-bond donors (Lipinski definition) is 1. The summed E-state index contributed by atoms with van der Waals surface area (Å²) in [6, 6.07) is 5.65. The van der Waals surface area contributed by atoms with Crippen molar-refractivity contribution in [1.82, 2.24) is 10.2 Å². The molecule has 2 rings (SSSR count). The van der Waals surface area contributed by atoms with E-state index < -0.39 is 18.5 Å². The number of esters is 1. The minimum absolute atomic E-state index is 0.0510. The van der Waals surface area contributed by atoms with Gasteiger partial charge in [0.2, 0.25) is 5.91 Å². The molecular weight excluding hydrogens is 344 g/mol. The molecule has 0 aromatic heterocycles. The van der Waals surface area contributed by atoms with Gasteiger partial charge < -0.3 is 15.0 Å². The number of ether oxygens (including phenoxy) is 1. The number of aryl methyl sites for hydroxylation is 1. The average molecular weight is 365 g/mol. The lowest BCUT2D eigenvalue weighted by Crippen LogP contribution is -2.40. The molecule has 2 amide bonds. The zero-order valence-electron chi connectivity index (χ0n) is 14.3. The normalized spacial score (nSPS) is 13.6. The van der Waals surface area contributed by atoms with Gasteiger partial charge in [-0.15, -0.1) is 0 Å². The predicted octanol–water partition coefficient (Wildman–Crippen LogP) is 1.94. The molecule has 0 radical (unpaired) electrons. The van der Waals surface area contributed by atoms with E-state index in [2.05, 4.69) is 5.32 Å². The minimum atomic E-state index is -0.638. The number of amides is 2. The van der Waals surface area contributed by atoms with E-state index in [-0.39, 0.29) is 18.5 Å². The maximum absolute atomic E-state index is 11.9. The molecule has 134 valence electrons. The third-order valence-corrected chi connectivity index (χ3v) is 4.10. The number of likely N-dealkylation sites (N-methyl/N-ethyl adjacent to an activating group) is 1. The van der Waals surface area contributed by atoms with Crippen LogP contribution in [-0.2, 0) is 19.1 Å². The van der Waals surface area contributed by atoms with E-state index in [4.69, 9.17) is 16.3 Å². The molecule has 0 spiro atoms. The highest BCUT2D eigenvalue weighted by Crippen LogP contribution is 2.18. The van der Waals surface area contributed by atoms with Crippen LogP contribution in [0, 0.1) is 6.92 Å². The van der Waals surface area contributed by atoms with Gasteiger partial charge in [-0.05, 0) is 43.0 Å². The summed E-state index contributed by atoms with van der Waals surface area (Å²) in [5.41, 5.74) is 1.70. The van der Waals surface area contributed by atoms with Gasteiger partial charge in [-0.2, -0.15) is 0 Å². The number of rotatable bonds is 7. The standard InChI is InChI=1S/C18H21ClN2O4/c1-12-3-4-13(9-15(12)19)5-8-18(24)25-11-17(23)21(2)10-16(22)20-14-6-7-14/h3-5,8-9,14H,6-7,10-11H2,1-2H3,(H,20,22)/b8-5+. The Bertz CT molecular complexity index is 698. The summed E-state index contributed by atoms with van der Waals surface area (Å²) in [4.78, 5) is 36.4. The van der Waals surface area contributed by atoms with Gasteiger partial charge in [-0.25, -0.2) is 4.79 Å². The highest BCUT2D eigenvalue weighted by Gasteiger charge is 2.24. The SMILES string of the molecule is Cc1ccc(/C=C/C(=O)OCC(=O)N(C)CC(=O)NC2CC2)cc1Cl. The van der Waals surface area contributed by atoms with Crippen molar-refractivity contribution in [2.75, 3.05) is 20.2 Å². The molecule has 1 aromatic carbocycles. The summed E-state index contributed by atoms with van der Waals surface area (Å²) in [5, 5.41) is 3.40. The van der Waals surface area contributed by atoms with Gasteiger partial charge in [-0.3, -0.25) is 9.59 Å². The van der Waals surface area contributed by atoms with Crippen LogP contribution in [0.2, 0.25) is 5.02 Å². The largest absolute Gasteiger partial charge is 0.452 e. The molecule has 0 saturated heterocycles. The average Bonchev–Trinajstić information content (AvgIpc) is 3.37. The molecule has 1 saturated carbocycles. The Morgan fingerprint density at radius 3 is 2.72 bits per heavy atom. The summed E-state index contributed by atoms with van der Waals surface area (Å²) < 4.78 is 4.89. The fourth-order valence-corrected chi connectivity index (χ4v) is 2.16. The van der Waals surface area contributed by atoms with Crippen molar-refractivity contribution in [2.45, 2.75) is 25.8 Å². The number of benzene rings is 1. The molecule has 25 heavy (non-hydrogen) atoms. The van der Waals surface area contributed by atoms with E-state index in [1.54, 1.807) is 12.1 Å². The van der Waals surface area contributed by atoms with Crippen molar-refractivity contribution in [2.24, 2.45) is 0 Å². The first-order valence-corrected chi connectivity index (χ1v) is 8.37. The summed E-state index contributed by atoms with van der Waals surface area (Å²) >= 11 is 6.01. The Morgan fingerprint density at radius 1 is 1.36 bits per heavy atom. The van der Waals surface area contributed by atoms with Gasteiger partial charge in [0.25, 0.3) is 5.91 Å². The van der Waals surface area contributed by atoms with E-state index in [1.165, 1.54) is 18.0 Å². The Morgan fingerprint density at radius 2 is 2.08 bits per heavy atom. The van der Waals surface area contributed by atoms with E-state index >= 15 is 0 Å². The zero-order valence-corrected chi connectivity index (χ0v) is 15.0. The van der Waals surface area contributed by atoms with Crippen molar-refractivity contribution in [3.05, 3.63) is 40.4 Å². The second-order valence-corrected chi connectivity index (χ2v) is 6.45. The van der Waals surface area contributed by atoms with Gasteiger partial charge >= 0.3 is 5.97 Å². The van der Waals surface area contributed by atoms with Gasteiger partial charge in [0.05, 0.1) is 6.54 Å². The highest BCUT2D eigenvalue weighted by molar-refractivity contribution is 6.31. The zero-order chi connectivity index (χ0) is 18.4. The van der Waals surface area contributed by atoms with Crippen molar-refractivity contribution < 1.29 is 19.1 Å². The van der Waals surface area contributed by atoms with Crippen LogP contribution in [0.15, 0.2) is 24.3 Å². The summed E-state index contributed by atoms with van der Waals surface area (Å²) in [5.74, 6) is -1.28. The Hall–Kier alpha value is -2.34. The number of nitrogens with zero attached hydrogens (tertiary/aromatic N) is 1. The van der Waals surface area contributed by atoms with Gasteiger partial charge in [0, 0.05) is 24.2 Å². The van der Waals surface area contributed by atoms with Crippen LogP contribution in [0.5, 0.6) is 0 Å². The molecule has 1 N–H and O–H groups in total. The lowest BCUT2D eigenvalue weighted by atomic mass is 10.1. The maximum Gasteiger partial charge on any atom is 0.331 e. The smallest absolute Gasteiger partial charge is 0.331 e. The fourth-order valence-electron chi connectivity index (χ4n) is 1.97. The van der Waals surface area contributed by atoms with E-state index in [9.17, 15) is 14.4 Å². The number of hydrogen-bond acceptors (Lipinski definition) is 4. The molecule has 1 aliphatic rings. The number of halogens is 1. The van der Waals surface area contributed by atoms with Crippen LogP contribution in [0.25, 0.3) is 6.08 Å². The van der Waals surface area contributed by atoms with Crippen LogP contribution in [-0.4, -0.2) is 48.9 Å². The van der Waals surface area contributed by atoms with E-state index in [0.717, 1.165) is 24.0 Å². The van der Waals surface area contributed by atoms with Crippen molar-refractivity contribution in [1.29, 1.82) is 0 Å². The Balaban J connectivity index is 1.74. The molecule has 0 heterocycles. The van der Waals surface area contributed by atoms with E-state index in [0.29, 0.717) is 5.02 Å². The molecular formula is C18H21ClN2O4. The van der Waals surface area contributed by atoms with Crippen LogP contribution in [0.4, 0.5) is 0 Å². The van der Waals surface area contributed by atoms with Crippen molar-refractivity contribution in [3.8, 4) is 0 Å². The van der Waals surface area contributed by atoms with Crippen LogP contribution in [0.3, 0.4) is 0 Å². The van der Waals surface area contributed by atoms with Crippen LogP contribution in [0.1, 0.15) is 24.0 Å². The monoisotopic (exact) mass is 364 g/mol. The molecule has 7 heteroatoms. The van der Waals surface area contributed by atoms with Gasteiger partial charge in [0.1, 0.15) is 0 Å². The quantitative estimate of drug-likeness (QED) is 0.592. The first-order valence-electron chi connectivity index (χ1n) is 7.99. The molecule has 0 unspecified atom stereocenters.